The van der Waals surface area contributed by atoms with Crippen molar-refractivity contribution in [1.82, 2.24) is 0 Å². The fourth-order valence-electron chi connectivity index (χ4n) is 0.515. The van der Waals surface area contributed by atoms with Gasteiger partial charge in [0, 0.05) is 0 Å². The molecule has 0 aromatic heterocycles. The third kappa shape index (κ3) is 9.76. The Hall–Kier alpha value is -2.33. The van der Waals surface area contributed by atoms with Gasteiger partial charge in [0.2, 0.25) is 0 Å². The zero-order valence-corrected chi connectivity index (χ0v) is 7.90. The molecule has 11 heteroatoms. The van der Waals surface area contributed by atoms with Crippen LogP contribution in [0.3, 0.4) is 0 Å². The number of nitrogens with zero attached hydrogens (tertiary/aromatic N) is 2. The van der Waals surface area contributed by atoms with Gasteiger partial charge in [0.15, 0.2) is 0 Å². The van der Waals surface area contributed by atoms with Crippen LogP contribution in [0.2, 0.25) is 0 Å². The smallest absolute Gasteiger partial charge is 0.432 e. The highest BCUT2D eigenvalue weighted by Gasteiger charge is 2.04. The molecule has 0 bridgehead atoms. The van der Waals surface area contributed by atoms with Crippen molar-refractivity contribution < 1.29 is 34.1 Å². The maximum Gasteiger partial charge on any atom is 0.508 e. The number of hydrogen-bond donors (Lipinski definition) is 0. The molecule has 0 fully saturated rings. The predicted molar refractivity (Wildman–Crippen MR) is 43.2 cm³/mol. The monoisotopic (exact) mass is 240 g/mol. The van der Waals surface area contributed by atoms with Crippen LogP contribution in [0.15, 0.2) is 0 Å². The molecule has 0 aliphatic carbocycles. The minimum Gasteiger partial charge on any atom is -0.432 e. The highest BCUT2D eigenvalue weighted by molar-refractivity contribution is 5.59. The quantitative estimate of drug-likeness (QED) is 0.238. The summed E-state index contributed by atoms with van der Waals surface area (Å²) in [7, 11) is 0. The number of ether oxygens (including phenoxy) is 2. The van der Waals surface area contributed by atoms with Gasteiger partial charge in [-0.3, -0.25) is 0 Å². The molecule has 16 heavy (non-hydrogen) atoms. The molecule has 0 N–H and O–H groups in total. The van der Waals surface area contributed by atoms with E-state index in [9.17, 15) is 25.0 Å². The van der Waals surface area contributed by atoms with E-state index < -0.39 is 29.5 Å². The van der Waals surface area contributed by atoms with Crippen molar-refractivity contribution in [3.63, 3.8) is 0 Å². The molecule has 0 heterocycles. The maximum absolute atomic E-state index is 10.6. The zero-order chi connectivity index (χ0) is 12.4. The van der Waals surface area contributed by atoms with Gasteiger partial charge in [-0.05, 0) is 0 Å². The summed E-state index contributed by atoms with van der Waals surface area (Å²) in [5, 5.41) is 17.2. The van der Waals surface area contributed by atoms with Gasteiger partial charge in [-0.2, -0.15) is 0 Å². The van der Waals surface area contributed by atoms with Crippen molar-refractivity contribution >= 4 is 6.16 Å². The maximum atomic E-state index is 10.6. The van der Waals surface area contributed by atoms with Crippen molar-refractivity contribution in [2.45, 2.75) is 0 Å². The summed E-state index contributed by atoms with van der Waals surface area (Å²) in [4.78, 5) is 37.6. The Kier molecular flexibility index (Phi) is 6.85. The molecule has 0 aliphatic rings. The van der Waals surface area contributed by atoms with Gasteiger partial charge in [-0.25, -0.2) is 4.79 Å². The number of hydrogen-bond acceptors (Lipinski definition) is 9. The van der Waals surface area contributed by atoms with Gasteiger partial charge in [-0.1, -0.05) is 0 Å². The standard InChI is InChI=1S/C5H8N2O9/c8-5(13-1-3-15-6(9)10)14-2-4-16-7(11)12/h1-4H2. The largest absolute Gasteiger partial charge is 0.508 e. The molecule has 0 amide bonds. The summed E-state index contributed by atoms with van der Waals surface area (Å²) in [5.41, 5.74) is 0. The molecule has 11 nitrogen and oxygen atoms in total. The Morgan fingerprint density at radius 3 is 1.56 bits per heavy atom. The fraction of sp³-hybridized carbons (Fsp3) is 0.800. The van der Waals surface area contributed by atoms with Crippen LogP contribution < -0.4 is 0 Å². The van der Waals surface area contributed by atoms with Gasteiger partial charge >= 0.3 is 6.16 Å². The minimum atomic E-state index is -1.13. The molecule has 0 saturated heterocycles. The van der Waals surface area contributed by atoms with E-state index in [0.29, 0.717) is 0 Å². The average Bonchev–Trinajstić information content (AvgIpc) is 2.19. The van der Waals surface area contributed by atoms with E-state index >= 15 is 0 Å². The first-order valence-electron chi connectivity index (χ1n) is 3.86. The SMILES string of the molecule is O=C(OCCO[N+](=O)[O-])OCCO[N+](=O)[O-]. The molecular weight excluding hydrogens is 232 g/mol. The lowest BCUT2D eigenvalue weighted by Gasteiger charge is -2.04. The molecule has 0 aromatic carbocycles. The second-order valence-electron chi connectivity index (χ2n) is 2.06. The summed E-state index contributed by atoms with van der Waals surface area (Å²) in [6.45, 7) is -1.58. The van der Waals surface area contributed by atoms with Crippen molar-refractivity contribution in [1.29, 1.82) is 0 Å². The van der Waals surface area contributed by atoms with Crippen LogP contribution in [0.4, 0.5) is 4.79 Å². The summed E-state index contributed by atoms with van der Waals surface area (Å²) in [6, 6.07) is 0. The van der Waals surface area contributed by atoms with Crippen LogP contribution in [0.1, 0.15) is 0 Å². The number of carbonyl (C=O) groups is 1. The van der Waals surface area contributed by atoms with E-state index in [2.05, 4.69) is 19.1 Å². The third-order valence-corrected chi connectivity index (χ3v) is 1.000. The molecule has 0 unspecified atom stereocenters. The molecule has 0 rings (SSSR count). The highest BCUT2D eigenvalue weighted by atomic mass is 17.0. The lowest BCUT2D eigenvalue weighted by molar-refractivity contribution is -0.758. The van der Waals surface area contributed by atoms with E-state index in [1.165, 1.54) is 0 Å². The van der Waals surface area contributed by atoms with Crippen LogP contribution in [-0.4, -0.2) is 42.8 Å². The first kappa shape index (κ1) is 13.7. The predicted octanol–water partition coefficient (Wildman–Crippen LogP) is -0.444. The summed E-state index contributed by atoms with van der Waals surface area (Å²) in [6.07, 6.45) is -1.13. The second-order valence-corrected chi connectivity index (χ2v) is 2.06. The molecule has 0 saturated carbocycles. The van der Waals surface area contributed by atoms with Gasteiger partial charge in [0.1, 0.15) is 26.4 Å². The highest BCUT2D eigenvalue weighted by Crippen LogP contribution is 1.87. The molecule has 0 radical (unpaired) electrons. The van der Waals surface area contributed by atoms with Crippen molar-refractivity contribution in [2.75, 3.05) is 26.4 Å². The third-order valence-electron chi connectivity index (χ3n) is 1.000. The van der Waals surface area contributed by atoms with Crippen molar-refractivity contribution in [3.05, 3.63) is 20.2 Å². The second kappa shape index (κ2) is 8.02. The summed E-state index contributed by atoms with van der Waals surface area (Å²) < 4.78 is 8.57. The number of carbonyl (C=O) groups excluding carboxylic acids is 1. The molecule has 0 spiro atoms. The molecule has 92 valence electrons. The lowest BCUT2D eigenvalue weighted by atomic mass is 10.8. The van der Waals surface area contributed by atoms with E-state index in [4.69, 9.17) is 0 Å². The first-order chi connectivity index (χ1) is 7.52. The van der Waals surface area contributed by atoms with Crippen LogP contribution in [0.5, 0.6) is 0 Å². The van der Waals surface area contributed by atoms with Gasteiger partial charge in [0.25, 0.3) is 10.2 Å². The Morgan fingerprint density at radius 2 is 1.25 bits per heavy atom. The Bertz CT molecular complexity index is 230. The Labute approximate surface area is 88.0 Å². The van der Waals surface area contributed by atoms with E-state index in [-0.39, 0.29) is 13.2 Å². The topological polar surface area (TPSA) is 140 Å². The van der Waals surface area contributed by atoms with Crippen LogP contribution >= 0.6 is 0 Å². The van der Waals surface area contributed by atoms with Crippen LogP contribution in [0.25, 0.3) is 0 Å². The van der Waals surface area contributed by atoms with Crippen molar-refractivity contribution in [2.24, 2.45) is 0 Å². The fourth-order valence-corrected chi connectivity index (χ4v) is 0.515. The zero-order valence-electron chi connectivity index (χ0n) is 7.90. The van der Waals surface area contributed by atoms with E-state index in [0.717, 1.165) is 0 Å². The Morgan fingerprint density at radius 1 is 0.875 bits per heavy atom. The van der Waals surface area contributed by atoms with Crippen LogP contribution in [-0.2, 0) is 19.1 Å². The van der Waals surface area contributed by atoms with E-state index in [1.54, 1.807) is 0 Å². The van der Waals surface area contributed by atoms with Gasteiger partial charge in [-0.15, -0.1) is 20.2 Å². The molecule has 0 aliphatic heterocycles. The van der Waals surface area contributed by atoms with Crippen molar-refractivity contribution in [3.8, 4) is 0 Å². The summed E-state index contributed by atoms with van der Waals surface area (Å²) >= 11 is 0. The molecular formula is C5H8N2O9. The van der Waals surface area contributed by atoms with Crippen LogP contribution in [0, 0.1) is 20.2 Å². The average molecular weight is 240 g/mol. The van der Waals surface area contributed by atoms with Gasteiger partial charge in [0.05, 0.1) is 0 Å². The lowest BCUT2D eigenvalue weighted by Crippen LogP contribution is -2.16. The molecule has 0 atom stereocenters. The van der Waals surface area contributed by atoms with E-state index in [1.807, 2.05) is 0 Å². The normalized spacial score (nSPS) is 9.00. The first-order valence-corrected chi connectivity index (χ1v) is 3.86. The summed E-state index contributed by atoms with van der Waals surface area (Å²) in [5.74, 6) is 0. The molecule has 0 aromatic rings. The minimum absolute atomic E-state index is 0.365. The van der Waals surface area contributed by atoms with Gasteiger partial charge < -0.3 is 19.1 Å². The Balaban J connectivity index is 3.31. The number of rotatable bonds is 8.